The smallest absolute Gasteiger partial charge is 0.223 e. The predicted molar refractivity (Wildman–Crippen MR) is 82.6 cm³/mol. The number of aromatic nitrogens is 1. The molecule has 0 radical (unpaired) electrons. The molecule has 0 fully saturated rings. The lowest BCUT2D eigenvalue weighted by atomic mass is 10.1. The van der Waals surface area contributed by atoms with Crippen molar-refractivity contribution in [3.8, 4) is 0 Å². The highest BCUT2D eigenvalue weighted by Crippen LogP contribution is 2.17. The lowest BCUT2D eigenvalue weighted by Gasteiger charge is -1.99. The average molecular weight is 288 g/mol. The van der Waals surface area contributed by atoms with Crippen LogP contribution in [0.1, 0.15) is 23.7 Å². The molecule has 20 heavy (non-hydrogen) atoms. The summed E-state index contributed by atoms with van der Waals surface area (Å²) in [6, 6.07) is 7.99. The van der Waals surface area contributed by atoms with Crippen molar-refractivity contribution in [1.29, 1.82) is 0 Å². The van der Waals surface area contributed by atoms with Gasteiger partial charge in [-0.05, 0) is 23.6 Å². The van der Waals surface area contributed by atoms with Crippen LogP contribution in [-0.4, -0.2) is 22.6 Å². The third-order valence-corrected chi connectivity index (χ3v) is 3.38. The van der Waals surface area contributed by atoms with E-state index in [1.165, 1.54) is 18.3 Å². The molecule has 5 heteroatoms. The van der Waals surface area contributed by atoms with E-state index in [2.05, 4.69) is 10.3 Å². The van der Waals surface area contributed by atoms with Gasteiger partial charge in [0.25, 0.3) is 0 Å². The summed E-state index contributed by atoms with van der Waals surface area (Å²) in [6.45, 7) is 1.61. The molecule has 1 aromatic carbocycles. The van der Waals surface area contributed by atoms with Crippen LogP contribution in [0.5, 0.6) is 0 Å². The number of nitrogens with one attached hydrogen (secondary N) is 1. The normalized spacial score (nSPS) is 10.9. The number of hydrogen-bond acceptors (Lipinski definition) is 4. The van der Waals surface area contributed by atoms with Crippen molar-refractivity contribution >= 4 is 34.5 Å². The minimum atomic E-state index is -0.119. The van der Waals surface area contributed by atoms with Crippen LogP contribution in [0.4, 0.5) is 5.13 Å². The van der Waals surface area contributed by atoms with Crippen LogP contribution in [0.25, 0.3) is 12.2 Å². The van der Waals surface area contributed by atoms with Gasteiger partial charge in [-0.25, -0.2) is 4.98 Å². The fourth-order valence-electron chi connectivity index (χ4n) is 1.73. The van der Waals surface area contributed by atoms with Crippen molar-refractivity contribution in [2.24, 2.45) is 0 Å². The molecule has 0 aliphatic carbocycles. The lowest BCUT2D eigenvalue weighted by Crippen LogP contribution is -2.04. The van der Waals surface area contributed by atoms with E-state index in [1.54, 1.807) is 0 Å². The van der Waals surface area contributed by atoms with E-state index in [-0.39, 0.29) is 12.5 Å². The Labute approximate surface area is 121 Å². The SMILES string of the molecule is CC(=O)Nc1nc(/C=C/c2cccc(CCO)c2)cs1. The molecule has 2 rings (SSSR count). The van der Waals surface area contributed by atoms with Crippen LogP contribution in [0.3, 0.4) is 0 Å². The Hall–Kier alpha value is -1.98. The number of benzene rings is 1. The van der Waals surface area contributed by atoms with Crippen molar-refractivity contribution in [2.75, 3.05) is 11.9 Å². The zero-order valence-corrected chi connectivity index (χ0v) is 12.0. The maximum absolute atomic E-state index is 10.9. The monoisotopic (exact) mass is 288 g/mol. The number of nitrogens with zero attached hydrogens (tertiary/aromatic N) is 1. The maximum Gasteiger partial charge on any atom is 0.223 e. The molecule has 1 heterocycles. The molecule has 1 aromatic heterocycles. The largest absolute Gasteiger partial charge is 0.396 e. The third-order valence-electron chi connectivity index (χ3n) is 2.60. The molecule has 0 unspecified atom stereocenters. The second-order valence-electron chi connectivity index (χ2n) is 4.31. The number of anilines is 1. The first-order chi connectivity index (χ1) is 9.67. The summed E-state index contributed by atoms with van der Waals surface area (Å²) in [5.74, 6) is -0.119. The first-order valence-corrected chi connectivity index (χ1v) is 7.16. The number of hydrogen-bond donors (Lipinski definition) is 2. The number of aliphatic hydroxyl groups excluding tert-OH is 1. The Morgan fingerprint density at radius 3 is 3.05 bits per heavy atom. The molecule has 0 saturated carbocycles. The highest BCUT2D eigenvalue weighted by atomic mass is 32.1. The third kappa shape index (κ3) is 4.29. The Bertz CT molecular complexity index is 620. The summed E-state index contributed by atoms with van der Waals surface area (Å²) in [5, 5.41) is 14.1. The zero-order valence-electron chi connectivity index (χ0n) is 11.2. The Morgan fingerprint density at radius 2 is 2.30 bits per heavy atom. The molecular weight excluding hydrogens is 272 g/mol. The first-order valence-electron chi connectivity index (χ1n) is 6.28. The van der Waals surface area contributed by atoms with E-state index in [4.69, 9.17) is 5.11 Å². The van der Waals surface area contributed by atoms with E-state index in [0.717, 1.165) is 16.8 Å². The van der Waals surface area contributed by atoms with Crippen LogP contribution in [0, 0.1) is 0 Å². The van der Waals surface area contributed by atoms with Crippen LogP contribution in [0.15, 0.2) is 29.6 Å². The van der Waals surface area contributed by atoms with Crippen molar-refractivity contribution in [2.45, 2.75) is 13.3 Å². The van der Waals surface area contributed by atoms with E-state index in [0.29, 0.717) is 11.6 Å². The van der Waals surface area contributed by atoms with Gasteiger partial charge < -0.3 is 10.4 Å². The highest BCUT2D eigenvalue weighted by molar-refractivity contribution is 7.14. The van der Waals surface area contributed by atoms with Crippen molar-refractivity contribution in [1.82, 2.24) is 4.98 Å². The minimum absolute atomic E-state index is 0.119. The Kier molecular flexibility index (Phi) is 5.03. The fraction of sp³-hybridized carbons (Fsp3) is 0.200. The van der Waals surface area contributed by atoms with E-state index in [9.17, 15) is 4.79 Å². The second-order valence-corrected chi connectivity index (χ2v) is 5.17. The van der Waals surface area contributed by atoms with Crippen LogP contribution < -0.4 is 5.32 Å². The molecule has 104 valence electrons. The fourth-order valence-corrected chi connectivity index (χ4v) is 2.46. The number of rotatable bonds is 5. The van der Waals surface area contributed by atoms with Gasteiger partial charge in [0.05, 0.1) is 5.69 Å². The Morgan fingerprint density at radius 1 is 1.45 bits per heavy atom. The molecule has 1 amide bonds. The van der Waals surface area contributed by atoms with Crippen molar-refractivity contribution in [3.63, 3.8) is 0 Å². The molecule has 0 bridgehead atoms. The highest BCUT2D eigenvalue weighted by Gasteiger charge is 2.00. The summed E-state index contributed by atoms with van der Waals surface area (Å²) >= 11 is 1.40. The minimum Gasteiger partial charge on any atom is -0.396 e. The number of thiazole rings is 1. The molecular formula is C15H16N2O2S. The zero-order chi connectivity index (χ0) is 14.4. The molecule has 0 aliphatic rings. The summed E-state index contributed by atoms with van der Waals surface area (Å²) in [4.78, 5) is 15.2. The van der Waals surface area contributed by atoms with Crippen molar-refractivity contribution < 1.29 is 9.90 Å². The quantitative estimate of drug-likeness (QED) is 0.889. The number of carbonyl (C=O) groups is 1. The van der Waals surface area contributed by atoms with E-state index < -0.39 is 0 Å². The molecule has 0 spiro atoms. The summed E-state index contributed by atoms with van der Waals surface area (Å²) < 4.78 is 0. The van der Waals surface area contributed by atoms with Crippen LogP contribution in [0.2, 0.25) is 0 Å². The van der Waals surface area contributed by atoms with Crippen LogP contribution in [-0.2, 0) is 11.2 Å². The summed E-state index contributed by atoms with van der Waals surface area (Å²) in [5.41, 5.74) is 2.98. The molecule has 2 N–H and O–H groups in total. The van der Waals surface area contributed by atoms with E-state index >= 15 is 0 Å². The van der Waals surface area contributed by atoms with Gasteiger partial charge >= 0.3 is 0 Å². The van der Waals surface area contributed by atoms with Gasteiger partial charge in [-0.2, -0.15) is 0 Å². The van der Waals surface area contributed by atoms with Gasteiger partial charge in [0, 0.05) is 18.9 Å². The van der Waals surface area contributed by atoms with Gasteiger partial charge in [0.1, 0.15) is 0 Å². The molecule has 4 nitrogen and oxygen atoms in total. The number of aliphatic hydroxyl groups is 1. The lowest BCUT2D eigenvalue weighted by molar-refractivity contribution is -0.114. The van der Waals surface area contributed by atoms with Gasteiger partial charge in [0.15, 0.2) is 5.13 Å². The van der Waals surface area contributed by atoms with E-state index in [1.807, 2.05) is 41.8 Å². The molecule has 0 saturated heterocycles. The van der Waals surface area contributed by atoms with Gasteiger partial charge in [0.2, 0.25) is 5.91 Å². The first kappa shape index (κ1) is 14.4. The summed E-state index contributed by atoms with van der Waals surface area (Å²) in [6.07, 6.45) is 4.53. The number of amides is 1. The molecule has 0 aliphatic heterocycles. The maximum atomic E-state index is 10.9. The van der Waals surface area contributed by atoms with Crippen molar-refractivity contribution in [3.05, 3.63) is 46.5 Å². The molecule has 0 atom stereocenters. The summed E-state index contributed by atoms with van der Waals surface area (Å²) in [7, 11) is 0. The standard InChI is InChI=1S/C15H16N2O2S/c1-11(19)16-15-17-14(10-20-15)6-5-12-3-2-4-13(9-12)7-8-18/h2-6,9-10,18H,7-8H2,1H3,(H,16,17,19)/b6-5+. The molecule has 2 aromatic rings. The van der Waals surface area contributed by atoms with Gasteiger partial charge in [-0.3, -0.25) is 4.79 Å². The van der Waals surface area contributed by atoms with Gasteiger partial charge in [-0.15, -0.1) is 11.3 Å². The number of carbonyl (C=O) groups excluding carboxylic acids is 1. The Balaban J connectivity index is 2.06. The predicted octanol–water partition coefficient (Wildman–Crippen LogP) is 2.81. The van der Waals surface area contributed by atoms with Gasteiger partial charge in [-0.1, -0.05) is 30.3 Å². The topological polar surface area (TPSA) is 62.2 Å². The van der Waals surface area contributed by atoms with Crippen LogP contribution >= 0.6 is 11.3 Å². The second kappa shape index (κ2) is 6.98. The average Bonchev–Trinajstić information content (AvgIpc) is 2.84.